The van der Waals surface area contributed by atoms with E-state index in [1.54, 1.807) is 6.07 Å². The molecule has 0 N–H and O–H groups in total. The first-order valence-electron chi connectivity index (χ1n) is 5.85. The quantitative estimate of drug-likeness (QED) is 0.660. The molecule has 2 aromatic carbocycles. The summed E-state index contributed by atoms with van der Waals surface area (Å²) in [7, 11) is 0. The molecular weight excluding hydrogens is 334 g/mol. The van der Waals surface area contributed by atoms with Crippen LogP contribution in [0.3, 0.4) is 0 Å². The molecule has 0 heterocycles. The molecule has 0 radical (unpaired) electrons. The number of hydrogen-bond donors (Lipinski definition) is 0. The van der Waals surface area contributed by atoms with Crippen LogP contribution in [0.1, 0.15) is 17.0 Å². The van der Waals surface area contributed by atoms with Crippen molar-refractivity contribution in [3.63, 3.8) is 0 Å². The first-order valence-corrected chi connectivity index (χ1v) is 7.18. The number of rotatable bonds is 4. The lowest BCUT2D eigenvalue weighted by Crippen LogP contribution is -2.05. The van der Waals surface area contributed by atoms with Crippen LogP contribution < -0.4 is 0 Å². The van der Waals surface area contributed by atoms with E-state index in [1.807, 2.05) is 24.3 Å². The topological polar surface area (TPSA) is 0 Å². The fourth-order valence-corrected chi connectivity index (χ4v) is 2.68. The van der Waals surface area contributed by atoms with E-state index >= 15 is 0 Å². The largest absolute Gasteiger partial charge is 0.204 e. The minimum atomic E-state index is -0.825. The normalized spacial score (nSPS) is 12.4. The summed E-state index contributed by atoms with van der Waals surface area (Å²) >= 11 is 9.41. The van der Waals surface area contributed by atoms with Gasteiger partial charge in [0.05, 0.1) is 0 Å². The second-order valence-electron chi connectivity index (χ2n) is 4.36. The van der Waals surface area contributed by atoms with Gasteiger partial charge in [0, 0.05) is 16.3 Å². The first-order chi connectivity index (χ1) is 9.10. The second kappa shape index (κ2) is 6.49. The van der Waals surface area contributed by atoms with Crippen LogP contribution >= 0.6 is 27.5 Å². The Labute approximate surface area is 124 Å². The predicted octanol–water partition coefficient (Wildman–Crippen LogP) is 5.29. The van der Waals surface area contributed by atoms with Gasteiger partial charge >= 0.3 is 0 Å². The van der Waals surface area contributed by atoms with E-state index in [0.717, 1.165) is 21.7 Å². The van der Waals surface area contributed by atoms with Gasteiger partial charge in [-0.2, -0.15) is 0 Å². The van der Waals surface area contributed by atoms with Crippen molar-refractivity contribution in [2.75, 3.05) is 5.88 Å². The monoisotopic (exact) mass is 344 g/mol. The molecule has 0 bridgehead atoms. The average molecular weight is 346 g/mol. The van der Waals surface area contributed by atoms with E-state index in [9.17, 15) is 8.78 Å². The van der Waals surface area contributed by atoms with E-state index in [4.69, 9.17) is 11.6 Å². The molecule has 0 nitrogen and oxygen atoms in total. The minimum absolute atomic E-state index is 0.0732. The van der Waals surface area contributed by atoms with Crippen LogP contribution in [0.5, 0.6) is 0 Å². The van der Waals surface area contributed by atoms with Gasteiger partial charge in [-0.1, -0.05) is 34.1 Å². The highest BCUT2D eigenvalue weighted by atomic mass is 79.9. The SMILES string of the molecule is Fc1ccc(CC(CCl)c2cccc(Br)c2)cc1F. The van der Waals surface area contributed by atoms with Crippen molar-refractivity contribution in [2.45, 2.75) is 12.3 Å². The van der Waals surface area contributed by atoms with Crippen LogP contribution in [0.15, 0.2) is 46.9 Å². The fraction of sp³-hybridized carbons (Fsp3) is 0.200. The summed E-state index contributed by atoms with van der Waals surface area (Å²) in [6, 6.07) is 11.8. The molecule has 19 heavy (non-hydrogen) atoms. The summed E-state index contributed by atoms with van der Waals surface area (Å²) < 4.78 is 27.0. The van der Waals surface area contributed by atoms with E-state index in [-0.39, 0.29) is 5.92 Å². The van der Waals surface area contributed by atoms with Crippen LogP contribution in [0.25, 0.3) is 0 Å². The number of alkyl halides is 1. The number of benzene rings is 2. The molecule has 2 aromatic rings. The Balaban J connectivity index is 2.21. The molecular formula is C15H12BrClF2. The Morgan fingerprint density at radius 1 is 1.05 bits per heavy atom. The molecule has 0 saturated carbocycles. The highest BCUT2D eigenvalue weighted by Gasteiger charge is 2.13. The van der Waals surface area contributed by atoms with Gasteiger partial charge < -0.3 is 0 Å². The summed E-state index contributed by atoms with van der Waals surface area (Å²) in [4.78, 5) is 0. The van der Waals surface area contributed by atoms with Crippen molar-refractivity contribution in [2.24, 2.45) is 0 Å². The molecule has 0 aromatic heterocycles. The highest BCUT2D eigenvalue weighted by molar-refractivity contribution is 9.10. The zero-order valence-electron chi connectivity index (χ0n) is 10.0. The molecule has 0 aliphatic heterocycles. The van der Waals surface area contributed by atoms with Crippen molar-refractivity contribution >= 4 is 27.5 Å². The van der Waals surface area contributed by atoms with Crippen molar-refractivity contribution in [3.8, 4) is 0 Å². The maximum Gasteiger partial charge on any atom is 0.159 e. The van der Waals surface area contributed by atoms with Gasteiger partial charge in [0.25, 0.3) is 0 Å². The fourth-order valence-electron chi connectivity index (χ4n) is 1.97. The minimum Gasteiger partial charge on any atom is -0.204 e. The van der Waals surface area contributed by atoms with Gasteiger partial charge in [0.2, 0.25) is 0 Å². The standard InChI is InChI=1S/C15H12BrClF2/c16-13-3-1-2-11(8-13)12(9-17)6-10-4-5-14(18)15(19)7-10/h1-5,7-8,12H,6,9H2. The Bertz CT molecular complexity index is 572. The Hall–Kier alpha value is -0.930. The lowest BCUT2D eigenvalue weighted by molar-refractivity contribution is 0.506. The van der Waals surface area contributed by atoms with Crippen LogP contribution in [-0.4, -0.2) is 5.88 Å². The van der Waals surface area contributed by atoms with Gasteiger partial charge in [-0.05, 0) is 41.8 Å². The number of halogens is 4. The molecule has 4 heteroatoms. The zero-order chi connectivity index (χ0) is 13.8. The van der Waals surface area contributed by atoms with E-state index in [2.05, 4.69) is 15.9 Å². The summed E-state index contributed by atoms with van der Waals surface area (Å²) in [5.74, 6) is -1.15. The summed E-state index contributed by atoms with van der Waals surface area (Å²) in [6.07, 6.45) is 0.581. The van der Waals surface area contributed by atoms with Gasteiger partial charge in [-0.15, -0.1) is 11.6 Å². The summed E-state index contributed by atoms with van der Waals surface area (Å²) in [6.45, 7) is 0. The van der Waals surface area contributed by atoms with E-state index in [1.165, 1.54) is 6.07 Å². The van der Waals surface area contributed by atoms with Crippen molar-refractivity contribution in [1.82, 2.24) is 0 Å². The smallest absolute Gasteiger partial charge is 0.159 e. The zero-order valence-corrected chi connectivity index (χ0v) is 12.4. The molecule has 0 aliphatic carbocycles. The van der Waals surface area contributed by atoms with Crippen LogP contribution in [0.2, 0.25) is 0 Å². The third kappa shape index (κ3) is 3.77. The molecule has 0 aliphatic rings. The third-order valence-electron chi connectivity index (χ3n) is 2.97. The lowest BCUT2D eigenvalue weighted by atomic mass is 9.93. The molecule has 1 atom stereocenters. The summed E-state index contributed by atoms with van der Waals surface area (Å²) in [5, 5.41) is 0. The first kappa shape index (κ1) is 14.5. The van der Waals surface area contributed by atoms with Crippen molar-refractivity contribution in [3.05, 3.63) is 69.7 Å². The van der Waals surface area contributed by atoms with Gasteiger partial charge in [0.1, 0.15) is 0 Å². The van der Waals surface area contributed by atoms with Crippen molar-refractivity contribution < 1.29 is 8.78 Å². The van der Waals surface area contributed by atoms with E-state index < -0.39 is 11.6 Å². The van der Waals surface area contributed by atoms with Gasteiger partial charge in [-0.3, -0.25) is 0 Å². The number of hydrogen-bond acceptors (Lipinski definition) is 0. The van der Waals surface area contributed by atoms with Crippen LogP contribution in [0.4, 0.5) is 8.78 Å². The molecule has 0 fully saturated rings. The lowest BCUT2D eigenvalue weighted by Gasteiger charge is -2.15. The second-order valence-corrected chi connectivity index (χ2v) is 5.58. The predicted molar refractivity (Wildman–Crippen MR) is 77.7 cm³/mol. The molecule has 2 rings (SSSR count). The molecule has 0 spiro atoms. The maximum absolute atomic E-state index is 13.2. The molecule has 0 amide bonds. The highest BCUT2D eigenvalue weighted by Crippen LogP contribution is 2.25. The summed E-state index contributed by atoms with van der Waals surface area (Å²) in [5.41, 5.74) is 1.82. The third-order valence-corrected chi connectivity index (χ3v) is 3.84. The average Bonchev–Trinajstić information content (AvgIpc) is 2.40. The molecule has 0 saturated heterocycles. The maximum atomic E-state index is 13.2. The Kier molecular flexibility index (Phi) is 4.94. The van der Waals surface area contributed by atoms with E-state index in [0.29, 0.717) is 12.3 Å². The van der Waals surface area contributed by atoms with Crippen molar-refractivity contribution in [1.29, 1.82) is 0 Å². The molecule has 100 valence electrons. The van der Waals surface area contributed by atoms with Crippen LogP contribution in [0, 0.1) is 11.6 Å². The van der Waals surface area contributed by atoms with Crippen LogP contribution in [-0.2, 0) is 6.42 Å². The Morgan fingerprint density at radius 2 is 1.84 bits per heavy atom. The van der Waals surface area contributed by atoms with Gasteiger partial charge in [0.15, 0.2) is 11.6 Å². The van der Waals surface area contributed by atoms with Gasteiger partial charge in [-0.25, -0.2) is 8.78 Å². The molecule has 1 unspecified atom stereocenters. The Morgan fingerprint density at radius 3 is 2.47 bits per heavy atom.